The van der Waals surface area contributed by atoms with Crippen molar-refractivity contribution in [3.05, 3.63) is 35.6 Å². The van der Waals surface area contributed by atoms with E-state index in [0.29, 0.717) is 19.0 Å². The summed E-state index contributed by atoms with van der Waals surface area (Å²) >= 11 is 0. The van der Waals surface area contributed by atoms with Crippen molar-refractivity contribution in [3.63, 3.8) is 0 Å². The van der Waals surface area contributed by atoms with Crippen molar-refractivity contribution in [2.24, 2.45) is 5.92 Å². The third-order valence-corrected chi connectivity index (χ3v) is 5.05. The minimum Gasteiger partial charge on any atom is -0.393 e. The summed E-state index contributed by atoms with van der Waals surface area (Å²) in [5, 5.41) is 9.64. The maximum atomic E-state index is 13.4. The maximum absolute atomic E-state index is 13.4. The molecule has 4 heteroatoms. The molecule has 1 aliphatic carbocycles. The second kappa shape index (κ2) is 5.41. The molecule has 2 fully saturated rings. The molecule has 1 saturated heterocycles. The fourth-order valence-electron chi connectivity index (χ4n) is 3.42. The van der Waals surface area contributed by atoms with Crippen LogP contribution in [0.5, 0.6) is 0 Å². The number of carbonyl (C=O) groups excluding carboxylic acids is 1. The second-order valence-corrected chi connectivity index (χ2v) is 6.46. The Hall–Kier alpha value is -1.42. The smallest absolute Gasteiger partial charge is 0.233 e. The number of benzene rings is 1. The number of carbonyl (C=O) groups is 1. The highest BCUT2D eigenvalue weighted by atomic mass is 19.1. The summed E-state index contributed by atoms with van der Waals surface area (Å²) in [6.07, 6.45) is 3.02. The molecule has 114 valence electrons. The predicted molar refractivity (Wildman–Crippen MR) is 78.3 cm³/mol. The summed E-state index contributed by atoms with van der Waals surface area (Å²) < 4.78 is 13.4. The van der Waals surface area contributed by atoms with Crippen LogP contribution in [0, 0.1) is 11.7 Å². The zero-order chi connectivity index (χ0) is 15.0. The first-order valence-electron chi connectivity index (χ1n) is 7.76. The van der Waals surface area contributed by atoms with Crippen molar-refractivity contribution in [2.75, 3.05) is 13.1 Å². The Kier molecular flexibility index (Phi) is 3.74. The van der Waals surface area contributed by atoms with E-state index in [1.165, 1.54) is 12.1 Å². The molecule has 0 spiro atoms. The molecule has 1 saturated carbocycles. The molecule has 1 aromatic rings. The van der Waals surface area contributed by atoms with E-state index in [1.54, 1.807) is 6.07 Å². The standard InChI is InChI=1S/C17H22FNO2/c1-12(20)13-5-9-19(10-6-13)16(21)17(7-8-17)14-3-2-4-15(18)11-14/h2-4,11-13,20H,5-10H2,1H3. The first-order chi connectivity index (χ1) is 10.0. The van der Waals surface area contributed by atoms with Gasteiger partial charge in [-0.15, -0.1) is 0 Å². The van der Waals surface area contributed by atoms with Crippen LogP contribution in [-0.2, 0) is 10.2 Å². The topological polar surface area (TPSA) is 40.5 Å². The van der Waals surface area contributed by atoms with Gasteiger partial charge in [-0.05, 0) is 56.2 Å². The number of amides is 1. The van der Waals surface area contributed by atoms with Crippen LogP contribution in [0.25, 0.3) is 0 Å². The van der Waals surface area contributed by atoms with Gasteiger partial charge in [-0.25, -0.2) is 4.39 Å². The van der Waals surface area contributed by atoms with Crippen LogP contribution in [-0.4, -0.2) is 35.1 Å². The van der Waals surface area contributed by atoms with Gasteiger partial charge in [0.05, 0.1) is 11.5 Å². The molecular formula is C17H22FNO2. The second-order valence-electron chi connectivity index (χ2n) is 6.46. The van der Waals surface area contributed by atoms with E-state index in [-0.39, 0.29) is 17.8 Å². The van der Waals surface area contributed by atoms with Crippen molar-refractivity contribution in [3.8, 4) is 0 Å². The van der Waals surface area contributed by atoms with E-state index in [9.17, 15) is 14.3 Å². The van der Waals surface area contributed by atoms with E-state index in [2.05, 4.69) is 0 Å². The average molecular weight is 291 g/mol. The van der Waals surface area contributed by atoms with Crippen LogP contribution in [0.4, 0.5) is 4.39 Å². The average Bonchev–Trinajstić information content (AvgIpc) is 3.28. The number of hydrogen-bond donors (Lipinski definition) is 1. The summed E-state index contributed by atoms with van der Waals surface area (Å²) in [6, 6.07) is 6.44. The lowest BCUT2D eigenvalue weighted by atomic mass is 9.89. The molecule has 2 aliphatic rings. The van der Waals surface area contributed by atoms with Crippen LogP contribution >= 0.6 is 0 Å². The molecule has 0 radical (unpaired) electrons. The molecule has 0 aromatic heterocycles. The normalized spacial score (nSPS) is 22.9. The van der Waals surface area contributed by atoms with Gasteiger partial charge in [0.2, 0.25) is 5.91 Å². The summed E-state index contributed by atoms with van der Waals surface area (Å²) in [4.78, 5) is 14.7. The van der Waals surface area contributed by atoms with E-state index in [1.807, 2.05) is 17.9 Å². The van der Waals surface area contributed by atoms with Gasteiger partial charge >= 0.3 is 0 Å². The molecular weight excluding hydrogens is 269 g/mol. The fourth-order valence-corrected chi connectivity index (χ4v) is 3.42. The molecule has 21 heavy (non-hydrogen) atoms. The van der Waals surface area contributed by atoms with E-state index in [0.717, 1.165) is 31.2 Å². The Bertz CT molecular complexity index is 531. The Morgan fingerprint density at radius 2 is 2.05 bits per heavy atom. The van der Waals surface area contributed by atoms with Crippen molar-refractivity contribution < 1.29 is 14.3 Å². The highest BCUT2D eigenvalue weighted by molar-refractivity contribution is 5.91. The highest BCUT2D eigenvalue weighted by Crippen LogP contribution is 2.50. The van der Waals surface area contributed by atoms with E-state index >= 15 is 0 Å². The lowest BCUT2D eigenvalue weighted by molar-refractivity contribution is -0.136. The van der Waals surface area contributed by atoms with Gasteiger partial charge in [-0.2, -0.15) is 0 Å². The molecule has 1 aliphatic heterocycles. The number of hydrogen-bond acceptors (Lipinski definition) is 2. The van der Waals surface area contributed by atoms with Crippen LogP contribution in [0.15, 0.2) is 24.3 Å². The Labute approximate surface area is 124 Å². The van der Waals surface area contributed by atoms with Gasteiger partial charge in [0.15, 0.2) is 0 Å². The number of aliphatic hydroxyl groups is 1. The highest BCUT2D eigenvalue weighted by Gasteiger charge is 2.53. The minimum absolute atomic E-state index is 0.136. The van der Waals surface area contributed by atoms with Crippen molar-refractivity contribution >= 4 is 5.91 Å². The van der Waals surface area contributed by atoms with Crippen LogP contribution in [0.3, 0.4) is 0 Å². The number of rotatable bonds is 3. The van der Waals surface area contributed by atoms with E-state index in [4.69, 9.17) is 0 Å². The monoisotopic (exact) mass is 291 g/mol. The molecule has 1 aromatic carbocycles. The maximum Gasteiger partial charge on any atom is 0.233 e. The van der Waals surface area contributed by atoms with Crippen LogP contribution in [0.2, 0.25) is 0 Å². The summed E-state index contributed by atoms with van der Waals surface area (Å²) in [5.41, 5.74) is 0.324. The Morgan fingerprint density at radius 3 is 2.57 bits per heavy atom. The molecule has 3 rings (SSSR count). The largest absolute Gasteiger partial charge is 0.393 e. The Balaban J connectivity index is 1.71. The van der Waals surface area contributed by atoms with E-state index < -0.39 is 5.41 Å². The zero-order valence-electron chi connectivity index (χ0n) is 12.4. The van der Waals surface area contributed by atoms with Crippen molar-refractivity contribution in [1.82, 2.24) is 4.90 Å². The summed E-state index contributed by atoms with van der Waals surface area (Å²) in [6.45, 7) is 3.22. The van der Waals surface area contributed by atoms with Gasteiger partial charge in [0.1, 0.15) is 5.82 Å². The molecule has 1 heterocycles. The lowest BCUT2D eigenvalue weighted by Crippen LogP contribution is -2.45. The molecule has 1 unspecified atom stereocenters. The first kappa shape index (κ1) is 14.5. The summed E-state index contributed by atoms with van der Waals surface area (Å²) in [5.74, 6) is 0.148. The third-order valence-electron chi connectivity index (χ3n) is 5.05. The van der Waals surface area contributed by atoms with Crippen LogP contribution in [0.1, 0.15) is 38.2 Å². The van der Waals surface area contributed by atoms with Gasteiger partial charge in [0, 0.05) is 13.1 Å². The van der Waals surface area contributed by atoms with Crippen molar-refractivity contribution in [2.45, 2.75) is 44.1 Å². The van der Waals surface area contributed by atoms with Gasteiger partial charge < -0.3 is 10.0 Å². The number of halogens is 1. The Morgan fingerprint density at radius 1 is 1.38 bits per heavy atom. The molecule has 3 nitrogen and oxygen atoms in total. The first-order valence-corrected chi connectivity index (χ1v) is 7.76. The van der Waals surface area contributed by atoms with Gasteiger partial charge in [0.25, 0.3) is 0 Å². The minimum atomic E-state index is -0.486. The van der Waals surface area contributed by atoms with Gasteiger partial charge in [-0.3, -0.25) is 4.79 Å². The molecule has 0 bridgehead atoms. The van der Waals surface area contributed by atoms with Crippen molar-refractivity contribution in [1.29, 1.82) is 0 Å². The SMILES string of the molecule is CC(O)C1CCN(C(=O)C2(c3cccc(F)c3)CC2)CC1. The summed E-state index contributed by atoms with van der Waals surface area (Å²) in [7, 11) is 0. The zero-order valence-corrected chi connectivity index (χ0v) is 12.4. The number of piperidine rings is 1. The number of nitrogens with zero attached hydrogens (tertiary/aromatic N) is 1. The molecule has 1 N–H and O–H groups in total. The lowest BCUT2D eigenvalue weighted by Gasteiger charge is -2.35. The fraction of sp³-hybridized carbons (Fsp3) is 0.588. The van der Waals surface area contributed by atoms with Gasteiger partial charge in [-0.1, -0.05) is 12.1 Å². The number of aliphatic hydroxyl groups excluding tert-OH is 1. The third kappa shape index (κ3) is 2.69. The predicted octanol–water partition coefficient (Wildman–Crippen LogP) is 2.48. The van der Waals surface area contributed by atoms with Crippen LogP contribution < -0.4 is 0 Å². The number of likely N-dealkylation sites (tertiary alicyclic amines) is 1. The quantitative estimate of drug-likeness (QED) is 0.929. The molecule has 1 amide bonds. The molecule has 1 atom stereocenters.